The molecule has 5 atom stereocenters. The number of hydrogen-bond acceptors (Lipinski definition) is 5. The summed E-state index contributed by atoms with van der Waals surface area (Å²) in [4.78, 5) is 12.2. The second-order valence-corrected chi connectivity index (χ2v) is 7.25. The number of alkyl halides is 4. The standard InChI is InChI=1S/C17H20F4N4O2/c18-7-11-12-14(22-16(27)23-15(12)26)25(24-11)13(8-1-2-8)9-3-5-10(6-4-9)17(19,20)21/h3-6,8,11-14,16,22,24,27H,1-2,7H2,(H,23,26). The third-order valence-corrected chi connectivity index (χ3v) is 5.41. The Morgan fingerprint density at radius 3 is 2.44 bits per heavy atom. The van der Waals surface area contributed by atoms with Crippen molar-refractivity contribution in [3.8, 4) is 0 Å². The van der Waals surface area contributed by atoms with Crippen LogP contribution in [0.1, 0.15) is 30.0 Å². The van der Waals surface area contributed by atoms with Gasteiger partial charge in [-0.1, -0.05) is 12.1 Å². The number of nitrogens with one attached hydrogen (secondary N) is 3. The monoisotopic (exact) mass is 388 g/mol. The van der Waals surface area contributed by atoms with Gasteiger partial charge in [-0.2, -0.15) is 13.2 Å². The van der Waals surface area contributed by atoms with Crippen molar-refractivity contribution in [2.45, 2.75) is 43.6 Å². The molecule has 4 rings (SSSR count). The predicted octanol–water partition coefficient (Wildman–Crippen LogP) is 1.25. The van der Waals surface area contributed by atoms with E-state index in [2.05, 4.69) is 16.1 Å². The minimum atomic E-state index is -4.42. The number of hydrazine groups is 1. The van der Waals surface area contributed by atoms with Crippen LogP contribution in [0.4, 0.5) is 17.6 Å². The quantitative estimate of drug-likeness (QED) is 0.585. The first-order valence-corrected chi connectivity index (χ1v) is 8.81. The van der Waals surface area contributed by atoms with Gasteiger partial charge < -0.3 is 10.4 Å². The zero-order chi connectivity index (χ0) is 19.3. The highest BCUT2D eigenvalue weighted by Gasteiger charge is 2.53. The van der Waals surface area contributed by atoms with Crippen molar-refractivity contribution in [2.24, 2.45) is 11.8 Å². The molecule has 1 saturated carbocycles. The normalized spacial score (nSPS) is 32.9. The lowest BCUT2D eigenvalue weighted by atomic mass is 9.95. The SMILES string of the molecule is O=C1NC(O)NC2C1C(CF)NN2C(c1ccc(C(F)(F)F)cc1)C1CC1. The van der Waals surface area contributed by atoms with Gasteiger partial charge in [0.2, 0.25) is 5.91 Å². The molecule has 2 aliphatic heterocycles. The number of hydrogen-bond donors (Lipinski definition) is 4. The maximum atomic E-state index is 13.5. The number of nitrogens with zero attached hydrogens (tertiary/aromatic N) is 1. The number of amides is 1. The zero-order valence-electron chi connectivity index (χ0n) is 14.2. The molecule has 1 amide bonds. The average Bonchev–Trinajstić information content (AvgIpc) is 3.36. The van der Waals surface area contributed by atoms with Gasteiger partial charge in [-0.3, -0.25) is 10.1 Å². The van der Waals surface area contributed by atoms with Crippen LogP contribution in [0.15, 0.2) is 24.3 Å². The Morgan fingerprint density at radius 1 is 1.22 bits per heavy atom. The third kappa shape index (κ3) is 3.42. The van der Waals surface area contributed by atoms with E-state index in [9.17, 15) is 27.5 Å². The second kappa shape index (κ2) is 6.69. The maximum absolute atomic E-state index is 13.5. The van der Waals surface area contributed by atoms with Crippen LogP contribution in [-0.2, 0) is 11.0 Å². The van der Waals surface area contributed by atoms with Gasteiger partial charge >= 0.3 is 6.18 Å². The van der Waals surface area contributed by atoms with Crippen LogP contribution < -0.4 is 16.1 Å². The largest absolute Gasteiger partial charge is 0.416 e. The van der Waals surface area contributed by atoms with E-state index in [1.165, 1.54) is 12.1 Å². The van der Waals surface area contributed by atoms with E-state index in [1.54, 1.807) is 5.01 Å². The van der Waals surface area contributed by atoms with E-state index < -0.39 is 48.8 Å². The van der Waals surface area contributed by atoms with Gasteiger partial charge in [-0.25, -0.2) is 14.8 Å². The Labute approximate surface area is 152 Å². The van der Waals surface area contributed by atoms with E-state index >= 15 is 0 Å². The Balaban J connectivity index is 1.65. The third-order valence-electron chi connectivity index (χ3n) is 5.41. The van der Waals surface area contributed by atoms with Crippen molar-refractivity contribution in [1.29, 1.82) is 0 Å². The lowest BCUT2D eigenvalue weighted by Gasteiger charge is -2.38. The molecular formula is C17H20F4N4O2. The molecule has 0 bridgehead atoms. The summed E-state index contributed by atoms with van der Waals surface area (Å²) in [5.74, 6) is -1.04. The summed E-state index contributed by atoms with van der Waals surface area (Å²) in [7, 11) is 0. The van der Waals surface area contributed by atoms with E-state index in [4.69, 9.17) is 0 Å². The summed E-state index contributed by atoms with van der Waals surface area (Å²) in [6.07, 6.45) is -4.58. The molecule has 1 aromatic rings. The van der Waals surface area contributed by atoms with Crippen LogP contribution in [-0.4, -0.2) is 41.3 Å². The Bertz CT molecular complexity index is 710. The molecule has 2 saturated heterocycles. The fourth-order valence-corrected chi connectivity index (χ4v) is 4.01. The van der Waals surface area contributed by atoms with Crippen LogP contribution in [0.2, 0.25) is 0 Å². The van der Waals surface area contributed by atoms with Crippen LogP contribution in [0.25, 0.3) is 0 Å². The molecule has 27 heavy (non-hydrogen) atoms. The van der Waals surface area contributed by atoms with Gasteiger partial charge in [0.05, 0.1) is 29.7 Å². The van der Waals surface area contributed by atoms with Crippen molar-refractivity contribution in [3.63, 3.8) is 0 Å². The number of halogens is 4. The molecule has 0 aromatic heterocycles. The Morgan fingerprint density at radius 2 is 1.89 bits per heavy atom. The van der Waals surface area contributed by atoms with Crippen molar-refractivity contribution in [2.75, 3.05) is 6.67 Å². The zero-order valence-corrected chi connectivity index (χ0v) is 14.2. The van der Waals surface area contributed by atoms with E-state index in [-0.39, 0.29) is 12.0 Å². The molecule has 148 valence electrons. The molecule has 6 nitrogen and oxygen atoms in total. The van der Waals surface area contributed by atoms with Crippen LogP contribution in [0.3, 0.4) is 0 Å². The van der Waals surface area contributed by atoms with Crippen LogP contribution in [0, 0.1) is 11.8 Å². The fourth-order valence-electron chi connectivity index (χ4n) is 4.01. The van der Waals surface area contributed by atoms with Gasteiger partial charge in [0.15, 0.2) is 6.35 Å². The summed E-state index contributed by atoms with van der Waals surface area (Å²) in [6.45, 7) is -0.784. The fraction of sp³-hybridized carbons (Fsp3) is 0.588. The number of fused-ring (bicyclic) bond motifs is 1. The molecule has 1 aromatic carbocycles. The van der Waals surface area contributed by atoms with Crippen molar-refractivity contribution < 1.29 is 27.5 Å². The predicted molar refractivity (Wildman–Crippen MR) is 86.2 cm³/mol. The Hall–Kier alpha value is -1.75. The van der Waals surface area contributed by atoms with Crippen molar-refractivity contribution >= 4 is 5.91 Å². The van der Waals surface area contributed by atoms with Crippen molar-refractivity contribution in [1.82, 2.24) is 21.1 Å². The van der Waals surface area contributed by atoms with E-state index in [1.807, 2.05) is 0 Å². The molecule has 2 heterocycles. The molecule has 3 fully saturated rings. The summed E-state index contributed by atoms with van der Waals surface area (Å²) in [6, 6.07) is 3.80. The highest BCUT2D eigenvalue weighted by atomic mass is 19.4. The molecular weight excluding hydrogens is 368 g/mol. The Kier molecular flexibility index (Phi) is 4.61. The highest BCUT2D eigenvalue weighted by molar-refractivity contribution is 5.81. The lowest BCUT2D eigenvalue weighted by Crippen LogP contribution is -2.64. The highest BCUT2D eigenvalue weighted by Crippen LogP contribution is 2.47. The van der Waals surface area contributed by atoms with Gasteiger partial charge in [0, 0.05) is 0 Å². The lowest BCUT2D eigenvalue weighted by molar-refractivity contribution is -0.138. The van der Waals surface area contributed by atoms with Crippen molar-refractivity contribution in [3.05, 3.63) is 35.4 Å². The molecule has 4 N–H and O–H groups in total. The number of aliphatic hydroxyl groups is 1. The molecule has 10 heteroatoms. The average molecular weight is 388 g/mol. The summed E-state index contributed by atoms with van der Waals surface area (Å²) >= 11 is 0. The number of benzene rings is 1. The number of rotatable bonds is 4. The number of aliphatic hydroxyl groups excluding tert-OH is 1. The molecule has 5 unspecified atom stereocenters. The number of carbonyl (C=O) groups excluding carboxylic acids is 1. The molecule has 3 aliphatic rings. The molecule has 1 aliphatic carbocycles. The minimum absolute atomic E-state index is 0.178. The maximum Gasteiger partial charge on any atom is 0.416 e. The summed E-state index contributed by atoms with van der Waals surface area (Å²) in [5, 5.41) is 16.7. The van der Waals surface area contributed by atoms with Gasteiger partial charge in [0.25, 0.3) is 0 Å². The topological polar surface area (TPSA) is 76.6 Å². The van der Waals surface area contributed by atoms with E-state index in [0.717, 1.165) is 25.0 Å². The van der Waals surface area contributed by atoms with Crippen LogP contribution >= 0.6 is 0 Å². The smallest absolute Gasteiger partial charge is 0.361 e. The summed E-state index contributed by atoms with van der Waals surface area (Å²) in [5.41, 5.74) is 2.92. The van der Waals surface area contributed by atoms with Gasteiger partial charge in [-0.15, -0.1) is 0 Å². The first-order chi connectivity index (χ1) is 12.8. The van der Waals surface area contributed by atoms with E-state index in [0.29, 0.717) is 5.56 Å². The van der Waals surface area contributed by atoms with Crippen LogP contribution in [0.5, 0.6) is 0 Å². The van der Waals surface area contributed by atoms with Gasteiger partial charge in [0.1, 0.15) is 6.67 Å². The minimum Gasteiger partial charge on any atom is -0.361 e. The number of carbonyl (C=O) groups is 1. The molecule has 0 spiro atoms. The first-order valence-electron chi connectivity index (χ1n) is 8.81. The van der Waals surface area contributed by atoms with Gasteiger partial charge in [-0.05, 0) is 36.5 Å². The summed E-state index contributed by atoms with van der Waals surface area (Å²) < 4.78 is 52.0. The molecule has 0 radical (unpaired) electrons. The first kappa shape index (κ1) is 18.6. The second-order valence-electron chi connectivity index (χ2n) is 7.25.